The van der Waals surface area contributed by atoms with E-state index in [4.69, 9.17) is 0 Å². The molecule has 0 spiro atoms. The summed E-state index contributed by atoms with van der Waals surface area (Å²) in [5.41, 5.74) is 0. The number of nitrogens with zero attached hydrogens (tertiary/aromatic N) is 3. The summed E-state index contributed by atoms with van der Waals surface area (Å²) in [6, 6.07) is 0. The number of thiazole rings is 1. The Morgan fingerprint density at radius 2 is 2.06 bits per heavy atom. The van der Waals surface area contributed by atoms with Crippen molar-refractivity contribution in [1.29, 1.82) is 0 Å². The molecule has 4 nitrogen and oxygen atoms in total. The van der Waals surface area contributed by atoms with E-state index in [9.17, 15) is 4.79 Å². The first-order chi connectivity index (χ1) is 8.40. The predicted octanol–water partition coefficient (Wildman–Crippen LogP) is 2.37. The second kappa shape index (κ2) is 6.85. The van der Waals surface area contributed by atoms with Crippen LogP contribution in [0.3, 0.4) is 0 Å². The molecule has 0 amide bonds. The largest absolute Gasteiger partial charge is 0.347 e. The summed E-state index contributed by atoms with van der Waals surface area (Å²) in [7, 11) is 4.13. The van der Waals surface area contributed by atoms with Crippen LogP contribution in [0.2, 0.25) is 0 Å². The third-order valence-electron chi connectivity index (χ3n) is 2.51. The third-order valence-corrected chi connectivity index (χ3v) is 3.67. The van der Waals surface area contributed by atoms with E-state index >= 15 is 0 Å². The van der Waals surface area contributed by atoms with Crippen LogP contribution in [0.4, 0.5) is 5.13 Å². The highest BCUT2D eigenvalue weighted by Gasteiger charge is 2.14. The Kier molecular flexibility index (Phi) is 5.75. The van der Waals surface area contributed by atoms with Gasteiger partial charge in [-0.1, -0.05) is 25.2 Å². The minimum Gasteiger partial charge on any atom is -0.347 e. The second-order valence-corrected chi connectivity index (χ2v) is 6.22. The normalized spacial score (nSPS) is 11.3. The van der Waals surface area contributed by atoms with E-state index in [2.05, 4.69) is 42.7 Å². The summed E-state index contributed by atoms with van der Waals surface area (Å²) in [6.07, 6.45) is 1.69. The van der Waals surface area contributed by atoms with Crippen molar-refractivity contribution >= 4 is 22.3 Å². The lowest BCUT2D eigenvalue weighted by Crippen LogP contribution is -2.34. The molecule has 0 bridgehead atoms. The van der Waals surface area contributed by atoms with Crippen LogP contribution in [0.5, 0.6) is 0 Å². The van der Waals surface area contributed by atoms with Crippen molar-refractivity contribution in [2.45, 2.75) is 20.8 Å². The van der Waals surface area contributed by atoms with Gasteiger partial charge in [-0.3, -0.25) is 4.79 Å². The Bertz CT molecular complexity index is 387. The van der Waals surface area contributed by atoms with E-state index in [1.807, 2.05) is 0 Å². The maximum absolute atomic E-state index is 11.3. The molecule has 0 atom stereocenters. The van der Waals surface area contributed by atoms with Crippen LogP contribution in [0.25, 0.3) is 0 Å². The minimum atomic E-state index is 0.0934. The molecular formula is C13H23N3OS. The van der Waals surface area contributed by atoms with Crippen molar-refractivity contribution in [2.24, 2.45) is 5.92 Å². The molecule has 0 aliphatic rings. The smallest absolute Gasteiger partial charge is 0.185 e. The van der Waals surface area contributed by atoms with Crippen molar-refractivity contribution in [3.8, 4) is 0 Å². The first-order valence-electron chi connectivity index (χ1n) is 6.26. The Morgan fingerprint density at radius 3 is 2.50 bits per heavy atom. The topological polar surface area (TPSA) is 36.4 Å². The number of anilines is 1. The minimum absolute atomic E-state index is 0.0934. The van der Waals surface area contributed by atoms with Crippen LogP contribution in [0.15, 0.2) is 6.20 Å². The molecule has 0 unspecified atom stereocenters. The van der Waals surface area contributed by atoms with Gasteiger partial charge in [0, 0.05) is 26.6 Å². The lowest BCUT2D eigenvalue weighted by Gasteiger charge is -2.25. The summed E-state index contributed by atoms with van der Waals surface area (Å²) in [6.45, 7) is 8.88. The number of ketones is 1. The number of carbonyl (C=O) groups is 1. The lowest BCUT2D eigenvalue weighted by molar-refractivity contribution is 0.102. The summed E-state index contributed by atoms with van der Waals surface area (Å²) >= 11 is 1.49. The number of likely N-dealkylation sites (N-methyl/N-ethyl adjacent to an activating group) is 1. The molecular weight excluding hydrogens is 246 g/mol. The number of hydrogen-bond donors (Lipinski definition) is 0. The van der Waals surface area contributed by atoms with Gasteiger partial charge in [0.25, 0.3) is 0 Å². The molecule has 0 fully saturated rings. The molecule has 18 heavy (non-hydrogen) atoms. The Hall–Kier alpha value is -0.940. The van der Waals surface area contributed by atoms with Crippen LogP contribution < -0.4 is 4.90 Å². The van der Waals surface area contributed by atoms with Crippen molar-refractivity contribution in [3.63, 3.8) is 0 Å². The average molecular weight is 269 g/mol. The molecule has 0 aliphatic carbocycles. The molecule has 5 heteroatoms. The standard InChI is InChI=1S/C13H23N3OS/c1-10(2)9-16(7-6-15(4)5)13-14-8-12(18-13)11(3)17/h8,10H,6-7,9H2,1-5H3. The van der Waals surface area contributed by atoms with E-state index in [0.29, 0.717) is 5.92 Å². The molecule has 1 rings (SSSR count). The number of carbonyl (C=O) groups excluding carboxylic acids is 1. The molecule has 0 radical (unpaired) electrons. The summed E-state index contributed by atoms with van der Waals surface area (Å²) in [5.74, 6) is 0.674. The predicted molar refractivity (Wildman–Crippen MR) is 77.7 cm³/mol. The first-order valence-corrected chi connectivity index (χ1v) is 7.08. The fourth-order valence-electron chi connectivity index (χ4n) is 1.60. The summed E-state index contributed by atoms with van der Waals surface area (Å²) < 4.78 is 0. The van der Waals surface area contributed by atoms with Gasteiger partial charge in [0.2, 0.25) is 0 Å². The third kappa shape index (κ3) is 4.74. The molecule has 1 aromatic heterocycles. The van der Waals surface area contributed by atoms with Crippen molar-refractivity contribution in [2.75, 3.05) is 38.6 Å². The zero-order valence-corrected chi connectivity index (χ0v) is 12.8. The molecule has 0 saturated heterocycles. The molecule has 0 aliphatic heterocycles. The number of Topliss-reactive ketones (excluding diaryl/α,β-unsaturated/α-hetero) is 1. The number of aromatic nitrogens is 1. The fourth-order valence-corrected chi connectivity index (χ4v) is 2.45. The average Bonchev–Trinajstić information content (AvgIpc) is 2.72. The summed E-state index contributed by atoms with van der Waals surface area (Å²) in [4.78, 5) is 20.9. The van der Waals surface area contributed by atoms with Crippen molar-refractivity contribution < 1.29 is 4.79 Å². The van der Waals surface area contributed by atoms with Gasteiger partial charge in [-0.25, -0.2) is 4.98 Å². The highest BCUT2D eigenvalue weighted by Crippen LogP contribution is 2.23. The van der Waals surface area contributed by atoms with Crippen LogP contribution in [-0.2, 0) is 0 Å². The van der Waals surface area contributed by atoms with Gasteiger partial charge in [-0.05, 0) is 20.0 Å². The number of rotatable bonds is 7. The van der Waals surface area contributed by atoms with Gasteiger partial charge in [-0.15, -0.1) is 0 Å². The summed E-state index contributed by atoms with van der Waals surface area (Å²) in [5, 5.41) is 0.954. The van der Waals surface area contributed by atoms with E-state index in [1.54, 1.807) is 13.1 Å². The molecule has 0 aromatic carbocycles. The zero-order valence-electron chi connectivity index (χ0n) is 11.9. The van der Waals surface area contributed by atoms with Gasteiger partial charge < -0.3 is 9.80 Å². The van der Waals surface area contributed by atoms with E-state index in [-0.39, 0.29) is 5.78 Å². The van der Waals surface area contributed by atoms with Crippen LogP contribution >= 0.6 is 11.3 Å². The quantitative estimate of drug-likeness (QED) is 0.712. The van der Waals surface area contributed by atoms with Crippen LogP contribution in [0, 0.1) is 5.92 Å². The second-order valence-electron chi connectivity index (χ2n) is 5.21. The van der Waals surface area contributed by atoms with Crippen LogP contribution in [0.1, 0.15) is 30.4 Å². The highest BCUT2D eigenvalue weighted by atomic mass is 32.1. The SMILES string of the molecule is CC(=O)c1cnc(N(CCN(C)C)CC(C)C)s1. The Morgan fingerprint density at radius 1 is 1.39 bits per heavy atom. The van der Waals surface area contributed by atoms with E-state index in [1.165, 1.54) is 11.3 Å². The van der Waals surface area contributed by atoms with Gasteiger partial charge >= 0.3 is 0 Å². The Labute approximate surface area is 114 Å². The van der Waals surface area contributed by atoms with Crippen molar-refractivity contribution in [3.05, 3.63) is 11.1 Å². The molecule has 0 N–H and O–H groups in total. The van der Waals surface area contributed by atoms with Crippen LogP contribution in [-0.4, -0.2) is 49.4 Å². The molecule has 1 heterocycles. The van der Waals surface area contributed by atoms with Gasteiger partial charge in [0.05, 0.1) is 11.1 Å². The first kappa shape index (κ1) is 15.1. The molecule has 102 valence electrons. The fraction of sp³-hybridized carbons (Fsp3) is 0.692. The zero-order chi connectivity index (χ0) is 13.7. The molecule has 1 aromatic rings. The van der Waals surface area contributed by atoms with Crippen molar-refractivity contribution in [1.82, 2.24) is 9.88 Å². The Balaban J connectivity index is 2.76. The highest BCUT2D eigenvalue weighted by molar-refractivity contribution is 7.17. The van der Waals surface area contributed by atoms with Gasteiger partial charge in [0.1, 0.15) is 0 Å². The van der Waals surface area contributed by atoms with Gasteiger partial charge in [-0.2, -0.15) is 0 Å². The number of hydrogen-bond acceptors (Lipinski definition) is 5. The van der Waals surface area contributed by atoms with E-state index < -0.39 is 0 Å². The molecule has 0 saturated carbocycles. The monoisotopic (exact) mass is 269 g/mol. The van der Waals surface area contributed by atoms with Gasteiger partial charge in [0.15, 0.2) is 10.9 Å². The lowest BCUT2D eigenvalue weighted by atomic mass is 10.2. The maximum Gasteiger partial charge on any atom is 0.185 e. The van der Waals surface area contributed by atoms with E-state index in [0.717, 1.165) is 29.6 Å². The maximum atomic E-state index is 11.3.